The van der Waals surface area contributed by atoms with Gasteiger partial charge in [0.05, 0.1) is 0 Å². The van der Waals surface area contributed by atoms with Gasteiger partial charge in [-0.2, -0.15) is 0 Å². The van der Waals surface area contributed by atoms with Crippen LogP contribution in [0.25, 0.3) is 0 Å². The highest BCUT2D eigenvalue weighted by Gasteiger charge is 2.19. The second-order valence-electron chi connectivity index (χ2n) is 5.78. The molecule has 1 atom stereocenters. The monoisotopic (exact) mass is 435 g/mol. The molecule has 1 amide bonds. The lowest BCUT2D eigenvalue weighted by Crippen LogP contribution is -2.36. The molecule has 1 unspecified atom stereocenters. The summed E-state index contributed by atoms with van der Waals surface area (Å²) in [4.78, 5) is 24.0. The number of amides is 1. The molecular formula is C19H18BrNO6. The lowest BCUT2D eigenvalue weighted by atomic mass is 10.2. The first-order chi connectivity index (χ1) is 13.0. The van der Waals surface area contributed by atoms with E-state index in [0.29, 0.717) is 17.2 Å². The maximum absolute atomic E-state index is 12.1. The zero-order valence-corrected chi connectivity index (χ0v) is 16.2. The Labute approximate surface area is 164 Å². The Bertz CT molecular complexity index is 841. The van der Waals surface area contributed by atoms with Crippen molar-refractivity contribution in [3.63, 3.8) is 0 Å². The highest BCUT2D eigenvalue weighted by molar-refractivity contribution is 9.10. The third-order valence-corrected chi connectivity index (χ3v) is 4.23. The summed E-state index contributed by atoms with van der Waals surface area (Å²) in [5, 5.41) is 2.72. The number of hydrogen-bond acceptors (Lipinski definition) is 6. The van der Waals surface area contributed by atoms with E-state index in [9.17, 15) is 9.59 Å². The third kappa shape index (κ3) is 5.37. The van der Waals surface area contributed by atoms with Crippen LogP contribution in [0, 0.1) is 0 Å². The highest BCUT2D eigenvalue weighted by atomic mass is 79.9. The maximum Gasteiger partial charge on any atom is 0.344 e. The minimum Gasteiger partial charge on any atom is -0.482 e. The number of ether oxygens (including phenoxy) is 4. The molecular weight excluding hydrogens is 418 g/mol. The van der Waals surface area contributed by atoms with E-state index >= 15 is 0 Å². The van der Waals surface area contributed by atoms with Gasteiger partial charge < -0.3 is 24.3 Å². The molecule has 0 saturated heterocycles. The smallest absolute Gasteiger partial charge is 0.344 e. The van der Waals surface area contributed by atoms with Crippen molar-refractivity contribution in [3.05, 3.63) is 52.5 Å². The molecule has 8 heteroatoms. The predicted molar refractivity (Wildman–Crippen MR) is 99.6 cm³/mol. The van der Waals surface area contributed by atoms with Crippen molar-refractivity contribution in [1.29, 1.82) is 0 Å². The van der Waals surface area contributed by atoms with Gasteiger partial charge in [-0.25, -0.2) is 4.79 Å². The number of carbonyl (C=O) groups excluding carboxylic acids is 2. The van der Waals surface area contributed by atoms with Gasteiger partial charge in [-0.3, -0.25) is 4.79 Å². The van der Waals surface area contributed by atoms with Crippen molar-refractivity contribution in [2.24, 2.45) is 0 Å². The van der Waals surface area contributed by atoms with Crippen molar-refractivity contribution in [1.82, 2.24) is 5.32 Å². The topological polar surface area (TPSA) is 83.1 Å². The lowest BCUT2D eigenvalue weighted by molar-refractivity contribution is -0.156. The number of halogens is 1. The molecule has 3 rings (SSSR count). The van der Waals surface area contributed by atoms with Crippen LogP contribution in [0.15, 0.2) is 46.9 Å². The first-order valence-electron chi connectivity index (χ1n) is 8.25. The molecule has 7 nitrogen and oxygen atoms in total. The molecule has 0 radical (unpaired) electrons. The van der Waals surface area contributed by atoms with Crippen LogP contribution in [0.3, 0.4) is 0 Å². The van der Waals surface area contributed by atoms with Gasteiger partial charge in [-0.1, -0.05) is 28.1 Å². The van der Waals surface area contributed by atoms with Gasteiger partial charge in [0.1, 0.15) is 5.75 Å². The molecule has 1 aliphatic rings. The third-order valence-electron chi connectivity index (χ3n) is 3.73. The molecule has 0 saturated carbocycles. The summed E-state index contributed by atoms with van der Waals surface area (Å²) in [7, 11) is 0. The second kappa shape index (κ2) is 8.77. The molecule has 27 heavy (non-hydrogen) atoms. The van der Waals surface area contributed by atoms with Crippen molar-refractivity contribution < 1.29 is 28.5 Å². The Morgan fingerprint density at radius 3 is 2.81 bits per heavy atom. The van der Waals surface area contributed by atoms with Crippen molar-refractivity contribution in [2.75, 3.05) is 13.4 Å². The number of nitrogens with one attached hydrogen (secondary N) is 1. The standard InChI is InChI=1S/C19H18BrNO6/c1-12(27-18(22)10-24-15-4-2-3-14(20)8-15)19(23)21-9-13-5-6-16-17(7-13)26-11-25-16/h2-8,12H,9-11H2,1H3,(H,21,23). The number of carbonyl (C=O) groups is 2. The molecule has 1 heterocycles. The van der Waals surface area contributed by atoms with Crippen molar-refractivity contribution in [3.8, 4) is 17.2 Å². The predicted octanol–water partition coefficient (Wildman–Crippen LogP) is 2.80. The maximum atomic E-state index is 12.1. The molecule has 1 N–H and O–H groups in total. The van der Waals surface area contributed by atoms with Crippen LogP contribution < -0.4 is 19.5 Å². The fourth-order valence-corrected chi connectivity index (χ4v) is 2.75. The normalized spacial score (nSPS) is 13.0. The van der Waals surface area contributed by atoms with Crippen LogP contribution >= 0.6 is 15.9 Å². The number of benzene rings is 2. The summed E-state index contributed by atoms with van der Waals surface area (Å²) in [6.07, 6.45) is -0.933. The minimum atomic E-state index is -0.933. The molecule has 2 aromatic rings. The molecule has 0 fully saturated rings. The number of fused-ring (bicyclic) bond motifs is 1. The van der Waals surface area contributed by atoms with Gasteiger partial charge in [0.2, 0.25) is 6.79 Å². The summed E-state index contributed by atoms with van der Waals surface area (Å²) >= 11 is 3.32. The Morgan fingerprint density at radius 1 is 1.19 bits per heavy atom. The number of rotatable bonds is 7. The zero-order chi connectivity index (χ0) is 19.2. The largest absolute Gasteiger partial charge is 0.482 e. The van der Waals surface area contributed by atoms with Crippen LogP contribution in [0.5, 0.6) is 17.2 Å². The second-order valence-corrected chi connectivity index (χ2v) is 6.70. The van der Waals surface area contributed by atoms with Crippen molar-refractivity contribution >= 4 is 27.8 Å². The van der Waals surface area contributed by atoms with Gasteiger partial charge in [-0.15, -0.1) is 0 Å². The molecule has 1 aliphatic heterocycles. The van der Waals surface area contributed by atoms with Gasteiger partial charge in [-0.05, 0) is 42.8 Å². The lowest BCUT2D eigenvalue weighted by Gasteiger charge is -2.14. The Kier molecular flexibility index (Phi) is 6.18. The quantitative estimate of drug-likeness (QED) is 0.673. The number of esters is 1. The van der Waals surface area contributed by atoms with E-state index < -0.39 is 18.0 Å². The molecule has 142 valence electrons. The summed E-state index contributed by atoms with van der Waals surface area (Å²) in [6.45, 7) is 1.70. The van der Waals surface area contributed by atoms with E-state index in [1.165, 1.54) is 6.92 Å². The average Bonchev–Trinajstić information content (AvgIpc) is 3.12. The van der Waals surface area contributed by atoms with E-state index in [0.717, 1.165) is 10.0 Å². The van der Waals surface area contributed by atoms with Gasteiger partial charge in [0.15, 0.2) is 24.2 Å². The Balaban J connectivity index is 1.42. The highest BCUT2D eigenvalue weighted by Crippen LogP contribution is 2.32. The van der Waals surface area contributed by atoms with E-state index in [4.69, 9.17) is 18.9 Å². The number of hydrogen-bond donors (Lipinski definition) is 1. The van der Waals surface area contributed by atoms with Crippen LogP contribution in [0.1, 0.15) is 12.5 Å². The molecule has 0 aliphatic carbocycles. The Hall–Kier alpha value is -2.74. The fraction of sp³-hybridized carbons (Fsp3) is 0.263. The van der Waals surface area contributed by atoms with Gasteiger partial charge >= 0.3 is 5.97 Å². The van der Waals surface area contributed by atoms with Crippen molar-refractivity contribution in [2.45, 2.75) is 19.6 Å². The van der Waals surface area contributed by atoms with Gasteiger partial charge in [0.25, 0.3) is 5.91 Å². The molecule has 0 bridgehead atoms. The summed E-state index contributed by atoms with van der Waals surface area (Å²) < 4.78 is 21.8. The minimum absolute atomic E-state index is 0.195. The first kappa shape index (κ1) is 19.0. The SMILES string of the molecule is CC(OC(=O)COc1cccc(Br)c1)C(=O)NCc1ccc2c(c1)OCO2. The zero-order valence-electron chi connectivity index (χ0n) is 14.6. The van der Waals surface area contributed by atoms with Crippen LogP contribution in [-0.2, 0) is 20.9 Å². The summed E-state index contributed by atoms with van der Waals surface area (Å²) in [5.74, 6) is 0.828. The van der Waals surface area contributed by atoms with Crippen LogP contribution in [-0.4, -0.2) is 31.4 Å². The molecule has 2 aromatic carbocycles. The van der Waals surface area contributed by atoms with Gasteiger partial charge in [0, 0.05) is 11.0 Å². The Morgan fingerprint density at radius 2 is 2.00 bits per heavy atom. The van der Waals surface area contributed by atoms with Crippen LogP contribution in [0.2, 0.25) is 0 Å². The molecule has 0 aromatic heterocycles. The van der Waals surface area contributed by atoms with E-state index in [2.05, 4.69) is 21.2 Å². The van der Waals surface area contributed by atoms with E-state index in [-0.39, 0.29) is 19.9 Å². The van der Waals surface area contributed by atoms with E-state index in [1.54, 1.807) is 30.3 Å². The van der Waals surface area contributed by atoms with Crippen LogP contribution in [0.4, 0.5) is 0 Å². The van der Waals surface area contributed by atoms with E-state index in [1.807, 2.05) is 12.1 Å². The fourth-order valence-electron chi connectivity index (χ4n) is 2.37. The summed E-state index contributed by atoms with van der Waals surface area (Å²) in [5.41, 5.74) is 0.851. The molecule has 0 spiro atoms. The first-order valence-corrected chi connectivity index (χ1v) is 9.04. The summed E-state index contributed by atoms with van der Waals surface area (Å²) in [6, 6.07) is 12.5. The average molecular weight is 436 g/mol.